The van der Waals surface area contributed by atoms with Crippen molar-refractivity contribution in [2.45, 2.75) is 17.7 Å². The van der Waals surface area contributed by atoms with Gasteiger partial charge in [0.15, 0.2) is 11.4 Å². The van der Waals surface area contributed by atoms with E-state index in [2.05, 4.69) is 6.58 Å². The van der Waals surface area contributed by atoms with Crippen LogP contribution < -0.4 is 5.73 Å². The minimum atomic E-state index is -2.94. The molecule has 3 aliphatic rings. The van der Waals surface area contributed by atoms with Crippen LogP contribution in [0.3, 0.4) is 0 Å². The molecule has 0 aliphatic heterocycles. The fraction of sp³-hybridized carbons (Fsp3) is 0.318. The first kappa shape index (κ1) is 24.5. The number of hydrogen-bond donors (Lipinski definition) is 6. The quantitative estimate of drug-likeness (QED) is 0.314. The highest BCUT2D eigenvalue weighted by atomic mass is 35.5. The summed E-state index contributed by atoms with van der Waals surface area (Å²) >= 11 is 0. The predicted octanol–water partition coefficient (Wildman–Crippen LogP) is -0.173. The second-order valence-electron chi connectivity index (χ2n) is 8.44. The number of hydrogen-bond acceptors (Lipinski definition) is 9. The molecule has 0 saturated heterocycles. The monoisotopic (exact) mass is 478 g/mol. The minimum Gasteiger partial charge on any atom is -0.508 e. The zero-order valence-electron chi connectivity index (χ0n) is 17.6. The predicted molar refractivity (Wildman–Crippen MR) is 118 cm³/mol. The van der Waals surface area contributed by atoms with E-state index >= 15 is 0 Å². The topological polar surface area (TPSA) is 182 Å². The highest BCUT2D eigenvalue weighted by molar-refractivity contribution is 6.25. The number of aliphatic hydroxyl groups is 4. The van der Waals surface area contributed by atoms with Crippen LogP contribution in [0, 0.1) is 11.8 Å². The third kappa shape index (κ3) is 2.88. The smallest absolute Gasteiger partial charge is 0.255 e. The van der Waals surface area contributed by atoms with Gasteiger partial charge in [-0.3, -0.25) is 19.3 Å². The van der Waals surface area contributed by atoms with Crippen LogP contribution in [0.2, 0.25) is 0 Å². The molecule has 10 nitrogen and oxygen atoms in total. The average molecular weight is 479 g/mol. The van der Waals surface area contributed by atoms with Crippen LogP contribution in [0.1, 0.15) is 11.1 Å². The molecule has 11 heteroatoms. The van der Waals surface area contributed by atoms with E-state index in [9.17, 15) is 39.9 Å². The van der Waals surface area contributed by atoms with Crippen molar-refractivity contribution in [1.29, 1.82) is 0 Å². The van der Waals surface area contributed by atoms with Crippen LogP contribution in [0.15, 0.2) is 41.7 Å². The summed E-state index contributed by atoms with van der Waals surface area (Å²) in [6.45, 7) is 3.91. The first-order valence-corrected chi connectivity index (χ1v) is 9.71. The number of Topliss-reactive ketones (excluding diaryl/α,β-unsaturated/α-hetero) is 2. The highest BCUT2D eigenvalue weighted by Crippen LogP contribution is 2.55. The molecule has 1 fully saturated rings. The number of primary amides is 1. The van der Waals surface area contributed by atoms with Gasteiger partial charge in [-0.15, -0.1) is 12.4 Å². The number of ketones is 2. The number of likely N-dealkylation sites (N-methyl/N-ethyl adjacent to an activating group) is 1. The zero-order chi connectivity index (χ0) is 23.9. The number of aliphatic hydroxyl groups excluding tert-OH is 3. The Labute approximate surface area is 194 Å². The maximum Gasteiger partial charge on any atom is 0.255 e. The Morgan fingerprint density at radius 3 is 2.33 bits per heavy atom. The average Bonchev–Trinajstić information content (AvgIpc) is 2.70. The number of halogens is 1. The van der Waals surface area contributed by atoms with Gasteiger partial charge in [0, 0.05) is 5.92 Å². The Hall–Kier alpha value is -3.18. The Kier molecular flexibility index (Phi) is 5.71. The van der Waals surface area contributed by atoms with Gasteiger partial charge in [-0.1, -0.05) is 18.7 Å². The van der Waals surface area contributed by atoms with Gasteiger partial charge in [0.25, 0.3) is 5.91 Å². The van der Waals surface area contributed by atoms with Gasteiger partial charge in [0.1, 0.15) is 22.8 Å². The SMILES string of the molecule is C=C1c2cccc(O)c2C(O)=C2C(=O)[C@]3(O)C(O)=C(C(N)=O)C(=O)[C@@H](N(C)C)[C@@H]3C(O)[C@H]12.Cl. The lowest BCUT2D eigenvalue weighted by molar-refractivity contribution is -0.166. The van der Waals surface area contributed by atoms with Crippen LogP contribution in [0.25, 0.3) is 11.3 Å². The van der Waals surface area contributed by atoms with Gasteiger partial charge in [-0.25, -0.2) is 0 Å². The number of phenols is 1. The lowest BCUT2D eigenvalue weighted by Crippen LogP contribution is -2.70. The zero-order valence-corrected chi connectivity index (χ0v) is 18.5. The van der Waals surface area contributed by atoms with E-state index < -0.39 is 69.7 Å². The van der Waals surface area contributed by atoms with Gasteiger partial charge >= 0.3 is 0 Å². The lowest BCUT2D eigenvalue weighted by atomic mass is 9.55. The van der Waals surface area contributed by atoms with E-state index in [-0.39, 0.29) is 34.9 Å². The summed E-state index contributed by atoms with van der Waals surface area (Å²) in [5.74, 6) is -8.78. The largest absolute Gasteiger partial charge is 0.508 e. The second kappa shape index (κ2) is 7.70. The van der Waals surface area contributed by atoms with Gasteiger partial charge in [0.05, 0.1) is 29.2 Å². The van der Waals surface area contributed by atoms with Crippen molar-refractivity contribution in [1.82, 2.24) is 4.90 Å². The lowest BCUT2D eigenvalue weighted by Gasteiger charge is -2.52. The number of nitrogens with two attached hydrogens (primary N) is 1. The molecule has 1 aromatic carbocycles. The highest BCUT2D eigenvalue weighted by Gasteiger charge is 2.68. The first-order valence-electron chi connectivity index (χ1n) is 9.71. The summed E-state index contributed by atoms with van der Waals surface area (Å²) in [7, 11) is 2.88. The van der Waals surface area contributed by atoms with Crippen LogP contribution in [-0.2, 0) is 14.4 Å². The molecule has 7 N–H and O–H groups in total. The molecular formula is C22H23ClN2O8. The fourth-order valence-electron chi connectivity index (χ4n) is 5.21. The van der Waals surface area contributed by atoms with Crippen molar-refractivity contribution in [3.05, 3.63) is 52.8 Å². The number of nitrogens with zero attached hydrogens (tertiary/aromatic N) is 1. The Bertz CT molecular complexity index is 1190. The van der Waals surface area contributed by atoms with Crippen molar-refractivity contribution in [2.75, 3.05) is 14.1 Å². The second-order valence-corrected chi connectivity index (χ2v) is 8.44. The van der Waals surface area contributed by atoms with Crippen LogP contribution >= 0.6 is 12.4 Å². The van der Waals surface area contributed by atoms with E-state index in [1.54, 1.807) is 0 Å². The summed E-state index contributed by atoms with van der Waals surface area (Å²) in [5.41, 5.74) is 1.16. The van der Waals surface area contributed by atoms with Crippen molar-refractivity contribution in [2.24, 2.45) is 17.6 Å². The van der Waals surface area contributed by atoms with Crippen molar-refractivity contribution in [3.8, 4) is 5.75 Å². The molecule has 1 amide bonds. The van der Waals surface area contributed by atoms with Crippen LogP contribution in [0.4, 0.5) is 0 Å². The number of benzene rings is 1. The molecular weight excluding hydrogens is 456 g/mol. The van der Waals surface area contributed by atoms with E-state index in [0.717, 1.165) is 0 Å². The summed E-state index contributed by atoms with van der Waals surface area (Å²) < 4.78 is 0. The number of rotatable bonds is 2. The number of fused-ring (bicyclic) bond motifs is 3. The molecule has 0 aromatic heterocycles. The van der Waals surface area contributed by atoms with E-state index in [4.69, 9.17) is 5.73 Å². The minimum absolute atomic E-state index is 0. The third-order valence-corrected chi connectivity index (χ3v) is 6.61. The number of phenolic OH excluding ortho intramolecular Hbond substituents is 1. The number of carbonyl (C=O) groups is 3. The Balaban J connectivity index is 0.00000306. The maximum absolute atomic E-state index is 13.6. The summed E-state index contributed by atoms with van der Waals surface area (Å²) in [4.78, 5) is 39.8. The normalized spacial score (nSPS) is 31.1. The molecule has 4 rings (SSSR count). The van der Waals surface area contributed by atoms with E-state index in [0.29, 0.717) is 0 Å². The summed E-state index contributed by atoms with van der Waals surface area (Å²) in [5, 5.41) is 54.7. The molecule has 1 saturated carbocycles. The van der Waals surface area contributed by atoms with Gasteiger partial charge in [0.2, 0.25) is 5.78 Å². The molecule has 5 atom stereocenters. The van der Waals surface area contributed by atoms with Crippen LogP contribution in [-0.4, -0.2) is 79.7 Å². The number of amides is 1. The Morgan fingerprint density at radius 1 is 1.18 bits per heavy atom. The molecule has 1 aromatic rings. The molecule has 0 radical (unpaired) electrons. The van der Waals surface area contributed by atoms with Crippen molar-refractivity contribution >= 4 is 41.2 Å². The molecule has 0 spiro atoms. The molecule has 176 valence electrons. The van der Waals surface area contributed by atoms with Crippen molar-refractivity contribution in [3.63, 3.8) is 0 Å². The molecule has 0 bridgehead atoms. The van der Waals surface area contributed by atoms with Crippen molar-refractivity contribution < 1.29 is 39.9 Å². The standard InChI is InChI=1S/C22H22N2O8.ClH/c1-7-8-5-4-6-9(25)11(8)16(26)12-10(7)17(27)14-15(24(2)3)18(28)13(21(23)31)20(30)22(14,32)19(12)29;/h4-6,10,14-15,17,25-27,30,32H,1H2,2-3H3,(H2,23,31);1H/t10-,14-,15+,17?,22+;/m1./s1. The number of aromatic hydroxyl groups is 1. The van der Waals surface area contributed by atoms with Gasteiger partial charge < -0.3 is 31.3 Å². The summed E-state index contributed by atoms with van der Waals surface area (Å²) in [6, 6.07) is 2.89. The summed E-state index contributed by atoms with van der Waals surface area (Å²) in [6.07, 6.45) is -1.69. The molecule has 1 unspecified atom stereocenters. The fourth-order valence-corrected chi connectivity index (χ4v) is 5.21. The van der Waals surface area contributed by atoms with E-state index in [1.807, 2.05) is 0 Å². The van der Waals surface area contributed by atoms with Gasteiger partial charge in [-0.05, 0) is 31.3 Å². The molecule has 0 heterocycles. The number of carbonyl (C=O) groups excluding carboxylic acids is 3. The molecule has 33 heavy (non-hydrogen) atoms. The maximum atomic E-state index is 13.6. The molecule has 3 aliphatic carbocycles. The van der Waals surface area contributed by atoms with Gasteiger partial charge in [-0.2, -0.15) is 0 Å². The Morgan fingerprint density at radius 2 is 1.79 bits per heavy atom. The first-order chi connectivity index (χ1) is 14.9. The third-order valence-electron chi connectivity index (χ3n) is 6.61. The van der Waals surface area contributed by atoms with E-state index in [1.165, 1.54) is 37.2 Å². The van der Waals surface area contributed by atoms with Crippen LogP contribution in [0.5, 0.6) is 5.75 Å².